The first-order valence-corrected chi connectivity index (χ1v) is 7.29. The minimum atomic E-state index is -0.460. The molecule has 0 aliphatic carbocycles. The quantitative estimate of drug-likeness (QED) is 0.612. The lowest BCUT2D eigenvalue weighted by Crippen LogP contribution is -2.38. The van der Waals surface area contributed by atoms with Gasteiger partial charge in [-0.15, -0.1) is 0 Å². The van der Waals surface area contributed by atoms with Gasteiger partial charge in [-0.25, -0.2) is 0 Å². The SMILES string of the molecule is CCCCN(CC1CCCN1)c1ccc([N+](=O)[O-])nc1. The highest BCUT2D eigenvalue weighted by Crippen LogP contribution is 2.19. The summed E-state index contributed by atoms with van der Waals surface area (Å²) in [5, 5.41) is 14.1. The van der Waals surface area contributed by atoms with Crippen LogP contribution in [0.1, 0.15) is 32.6 Å². The molecule has 20 heavy (non-hydrogen) atoms. The third-order valence-corrected chi connectivity index (χ3v) is 3.67. The summed E-state index contributed by atoms with van der Waals surface area (Å²) < 4.78 is 0. The van der Waals surface area contributed by atoms with Gasteiger partial charge in [-0.3, -0.25) is 0 Å². The number of unbranched alkanes of at least 4 members (excludes halogenated alkanes) is 1. The lowest BCUT2D eigenvalue weighted by Gasteiger charge is -2.26. The van der Waals surface area contributed by atoms with Crippen LogP contribution < -0.4 is 10.2 Å². The van der Waals surface area contributed by atoms with E-state index in [9.17, 15) is 10.1 Å². The van der Waals surface area contributed by atoms with Gasteiger partial charge in [0.15, 0.2) is 6.20 Å². The number of nitrogens with one attached hydrogen (secondary N) is 1. The third-order valence-electron chi connectivity index (χ3n) is 3.67. The van der Waals surface area contributed by atoms with E-state index >= 15 is 0 Å². The molecule has 1 fully saturated rings. The van der Waals surface area contributed by atoms with Crippen molar-refractivity contribution in [3.05, 3.63) is 28.4 Å². The largest absolute Gasteiger partial charge is 0.367 e. The van der Waals surface area contributed by atoms with Gasteiger partial charge in [0.1, 0.15) is 0 Å². The molecule has 2 rings (SSSR count). The zero-order chi connectivity index (χ0) is 14.4. The summed E-state index contributed by atoms with van der Waals surface area (Å²) in [4.78, 5) is 16.4. The summed E-state index contributed by atoms with van der Waals surface area (Å²) in [5.74, 6) is -0.0943. The minimum absolute atomic E-state index is 0.0943. The second-order valence-electron chi connectivity index (χ2n) is 5.22. The Morgan fingerprint density at radius 2 is 2.40 bits per heavy atom. The summed E-state index contributed by atoms with van der Waals surface area (Å²) in [7, 11) is 0. The van der Waals surface area contributed by atoms with E-state index in [2.05, 4.69) is 22.1 Å². The van der Waals surface area contributed by atoms with Crippen LogP contribution in [0.2, 0.25) is 0 Å². The lowest BCUT2D eigenvalue weighted by atomic mass is 10.2. The van der Waals surface area contributed by atoms with Crippen molar-refractivity contribution >= 4 is 11.5 Å². The van der Waals surface area contributed by atoms with Crippen molar-refractivity contribution in [2.75, 3.05) is 24.5 Å². The summed E-state index contributed by atoms with van der Waals surface area (Å²) in [6, 6.07) is 3.80. The standard InChI is InChI=1S/C14H22N4O2/c1-2-3-9-17(11-12-5-4-8-15-12)13-6-7-14(16-10-13)18(19)20/h6-7,10,12,15H,2-5,8-9,11H2,1H3. The monoisotopic (exact) mass is 278 g/mol. The summed E-state index contributed by atoms with van der Waals surface area (Å²) in [6.45, 7) is 5.17. The Morgan fingerprint density at radius 1 is 1.55 bits per heavy atom. The highest BCUT2D eigenvalue weighted by Gasteiger charge is 2.19. The fraction of sp³-hybridized carbons (Fsp3) is 0.643. The van der Waals surface area contributed by atoms with Crippen molar-refractivity contribution in [1.82, 2.24) is 10.3 Å². The maximum atomic E-state index is 10.7. The molecule has 0 saturated carbocycles. The second-order valence-corrected chi connectivity index (χ2v) is 5.22. The van der Waals surface area contributed by atoms with Gasteiger partial charge in [-0.05, 0) is 41.8 Å². The van der Waals surface area contributed by atoms with Crippen LogP contribution >= 0.6 is 0 Å². The van der Waals surface area contributed by atoms with Crippen molar-refractivity contribution in [2.45, 2.75) is 38.6 Å². The van der Waals surface area contributed by atoms with Gasteiger partial charge < -0.3 is 20.3 Å². The van der Waals surface area contributed by atoms with Crippen LogP contribution in [-0.4, -0.2) is 35.6 Å². The van der Waals surface area contributed by atoms with Crippen LogP contribution in [0.5, 0.6) is 0 Å². The van der Waals surface area contributed by atoms with E-state index in [1.54, 1.807) is 12.3 Å². The van der Waals surface area contributed by atoms with Crippen LogP contribution in [0.15, 0.2) is 18.3 Å². The Morgan fingerprint density at radius 3 is 2.95 bits per heavy atom. The van der Waals surface area contributed by atoms with Crippen LogP contribution in [0.25, 0.3) is 0 Å². The van der Waals surface area contributed by atoms with E-state index in [1.807, 2.05) is 0 Å². The number of pyridine rings is 1. The molecule has 2 heterocycles. The number of anilines is 1. The molecule has 1 aliphatic heterocycles. The Bertz CT molecular complexity index is 429. The molecule has 1 aliphatic rings. The van der Waals surface area contributed by atoms with Gasteiger partial charge in [-0.2, -0.15) is 0 Å². The molecule has 0 spiro atoms. The Kier molecular flexibility index (Phi) is 5.29. The van der Waals surface area contributed by atoms with Gasteiger partial charge >= 0.3 is 5.82 Å². The number of nitro groups is 1. The molecule has 0 bridgehead atoms. The van der Waals surface area contributed by atoms with Gasteiger partial charge in [0.2, 0.25) is 0 Å². The van der Waals surface area contributed by atoms with Crippen LogP contribution in [0.3, 0.4) is 0 Å². The summed E-state index contributed by atoms with van der Waals surface area (Å²) in [5.41, 5.74) is 0.970. The second kappa shape index (κ2) is 7.19. The fourth-order valence-corrected chi connectivity index (χ4v) is 2.53. The first-order valence-electron chi connectivity index (χ1n) is 7.29. The van der Waals surface area contributed by atoms with E-state index in [4.69, 9.17) is 0 Å². The molecule has 1 saturated heterocycles. The van der Waals surface area contributed by atoms with Crippen molar-refractivity contribution in [1.29, 1.82) is 0 Å². The van der Waals surface area contributed by atoms with Crippen molar-refractivity contribution < 1.29 is 4.92 Å². The van der Waals surface area contributed by atoms with E-state index in [0.29, 0.717) is 6.04 Å². The smallest absolute Gasteiger partial charge is 0.363 e. The van der Waals surface area contributed by atoms with E-state index in [0.717, 1.165) is 38.2 Å². The Balaban J connectivity index is 2.05. The minimum Gasteiger partial charge on any atom is -0.367 e. The molecule has 6 nitrogen and oxygen atoms in total. The van der Waals surface area contributed by atoms with Gasteiger partial charge in [0.25, 0.3) is 0 Å². The number of rotatable bonds is 7. The molecule has 1 atom stereocenters. The molecule has 1 N–H and O–H groups in total. The fourth-order valence-electron chi connectivity index (χ4n) is 2.53. The average Bonchev–Trinajstić information content (AvgIpc) is 2.96. The maximum absolute atomic E-state index is 10.7. The maximum Gasteiger partial charge on any atom is 0.363 e. The van der Waals surface area contributed by atoms with Crippen LogP contribution in [0, 0.1) is 10.1 Å². The Labute approximate surface area is 119 Å². The highest BCUT2D eigenvalue weighted by atomic mass is 16.6. The Hall–Kier alpha value is -1.69. The van der Waals surface area contributed by atoms with Crippen LogP contribution in [0.4, 0.5) is 11.5 Å². The lowest BCUT2D eigenvalue weighted by molar-refractivity contribution is -0.389. The van der Waals surface area contributed by atoms with Gasteiger partial charge in [0, 0.05) is 25.2 Å². The molecule has 0 amide bonds. The molecule has 1 aromatic rings. The van der Waals surface area contributed by atoms with Crippen molar-refractivity contribution in [3.63, 3.8) is 0 Å². The highest BCUT2D eigenvalue weighted by molar-refractivity contribution is 5.46. The van der Waals surface area contributed by atoms with Crippen molar-refractivity contribution in [2.24, 2.45) is 0 Å². The first-order chi connectivity index (χ1) is 9.70. The normalized spacial score (nSPS) is 18.1. The zero-order valence-corrected chi connectivity index (χ0v) is 11.9. The first kappa shape index (κ1) is 14.7. The molecular formula is C14H22N4O2. The van der Waals surface area contributed by atoms with E-state index < -0.39 is 4.92 Å². The molecule has 110 valence electrons. The molecule has 0 radical (unpaired) electrons. The summed E-state index contributed by atoms with van der Waals surface area (Å²) in [6.07, 6.45) is 6.29. The number of aromatic nitrogens is 1. The zero-order valence-electron chi connectivity index (χ0n) is 11.9. The summed E-state index contributed by atoms with van der Waals surface area (Å²) >= 11 is 0. The molecule has 0 aromatic carbocycles. The van der Waals surface area contributed by atoms with Gasteiger partial charge in [0.05, 0.1) is 5.69 Å². The predicted molar refractivity (Wildman–Crippen MR) is 79.0 cm³/mol. The molecule has 1 aromatic heterocycles. The third kappa shape index (κ3) is 3.90. The van der Waals surface area contributed by atoms with Crippen molar-refractivity contribution in [3.8, 4) is 0 Å². The molecular weight excluding hydrogens is 256 g/mol. The van der Waals surface area contributed by atoms with E-state index in [1.165, 1.54) is 18.9 Å². The molecule has 6 heteroatoms. The average molecular weight is 278 g/mol. The predicted octanol–water partition coefficient (Wildman–Crippen LogP) is 2.35. The molecule has 1 unspecified atom stereocenters. The van der Waals surface area contributed by atoms with Crippen LogP contribution in [-0.2, 0) is 0 Å². The number of nitrogens with zero attached hydrogens (tertiary/aromatic N) is 3. The van der Waals surface area contributed by atoms with Gasteiger partial charge in [-0.1, -0.05) is 13.3 Å². The number of hydrogen-bond acceptors (Lipinski definition) is 5. The number of hydrogen-bond donors (Lipinski definition) is 1. The topological polar surface area (TPSA) is 71.3 Å². The van der Waals surface area contributed by atoms with E-state index in [-0.39, 0.29) is 5.82 Å².